The van der Waals surface area contributed by atoms with Crippen LogP contribution < -0.4 is 0 Å². The molecule has 0 amide bonds. The summed E-state index contributed by atoms with van der Waals surface area (Å²) in [7, 11) is 0. The normalized spacial score (nSPS) is 20.4. The van der Waals surface area contributed by atoms with Gasteiger partial charge in [0.25, 0.3) is 0 Å². The molecule has 3 aromatic rings. The van der Waals surface area contributed by atoms with Crippen LogP contribution in [-0.2, 0) is 4.79 Å². The molecule has 37 heavy (non-hydrogen) atoms. The lowest BCUT2D eigenvalue weighted by atomic mass is 9.71. The lowest BCUT2D eigenvalue weighted by Gasteiger charge is -2.37. The fourth-order valence-corrected chi connectivity index (χ4v) is 4.22. The van der Waals surface area contributed by atoms with Crippen molar-refractivity contribution in [3.05, 3.63) is 150 Å². The van der Waals surface area contributed by atoms with Gasteiger partial charge in [-0.25, -0.2) is 0 Å². The smallest absolute Gasteiger partial charge is 0.184 e. The monoisotopic (exact) mass is 490 g/mol. The summed E-state index contributed by atoms with van der Waals surface area (Å²) in [5.41, 5.74) is 1.37. The SMILES string of the molecule is O=C1C=CC(C(O)/C=C/c2ccccc2)(C(O)/C=C/c2ccccc2)C=C1C(O)/C=C/c1ccccc1. The van der Waals surface area contributed by atoms with E-state index in [-0.39, 0.29) is 11.4 Å². The van der Waals surface area contributed by atoms with Crippen LogP contribution in [0.4, 0.5) is 0 Å². The average molecular weight is 491 g/mol. The number of aliphatic hydroxyl groups excluding tert-OH is 3. The van der Waals surface area contributed by atoms with Crippen molar-refractivity contribution in [2.75, 3.05) is 0 Å². The lowest BCUT2D eigenvalue weighted by Crippen LogP contribution is -2.43. The molecule has 3 atom stereocenters. The molecular formula is C33H30O4. The molecule has 3 aromatic carbocycles. The molecule has 0 saturated carbocycles. The molecule has 0 saturated heterocycles. The summed E-state index contributed by atoms with van der Waals surface area (Å²) in [6.07, 6.45) is 10.7. The minimum absolute atomic E-state index is 0.0917. The molecule has 4 nitrogen and oxygen atoms in total. The Bertz CT molecular complexity index is 1260. The Labute approximate surface area is 217 Å². The predicted molar refractivity (Wildman–Crippen MR) is 149 cm³/mol. The zero-order valence-corrected chi connectivity index (χ0v) is 20.3. The number of rotatable bonds is 9. The van der Waals surface area contributed by atoms with Gasteiger partial charge in [-0.3, -0.25) is 4.79 Å². The van der Waals surface area contributed by atoms with Crippen LogP contribution in [0.3, 0.4) is 0 Å². The second-order valence-corrected chi connectivity index (χ2v) is 8.94. The van der Waals surface area contributed by atoms with Crippen LogP contribution >= 0.6 is 0 Å². The fourth-order valence-electron chi connectivity index (χ4n) is 4.22. The highest BCUT2D eigenvalue weighted by Gasteiger charge is 2.42. The quantitative estimate of drug-likeness (QED) is 0.382. The Morgan fingerprint density at radius 3 is 1.43 bits per heavy atom. The minimum atomic E-state index is -1.37. The van der Waals surface area contributed by atoms with E-state index in [9.17, 15) is 20.1 Å². The van der Waals surface area contributed by atoms with Crippen LogP contribution in [0.2, 0.25) is 0 Å². The molecule has 0 bridgehead atoms. The molecule has 0 fully saturated rings. The van der Waals surface area contributed by atoms with Crippen molar-refractivity contribution in [3.8, 4) is 0 Å². The minimum Gasteiger partial charge on any atom is -0.388 e. The molecule has 186 valence electrons. The first-order chi connectivity index (χ1) is 18.0. The predicted octanol–water partition coefficient (Wildman–Crippen LogP) is 5.26. The van der Waals surface area contributed by atoms with Gasteiger partial charge in [0.2, 0.25) is 0 Å². The number of allylic oxidation sites excluding steroid dienone is 1. The molecule has 1 aliphatic rings. The zero-order valence-electron chi connectivity index (χ0n) is 20.3. The van der Waals surface area contributed by atoms with Crippen LogP contribution in [0.15, 0.2) is 133 Å². The van der Waals surface area contributed by atoms with E-state index in [1.165, 1.54) is 24.3 Å². The highest BCUT2D eigenvalue weighted by Crippen LogP contribution is 2.38. The van der Waals surface area contributed by atoms with E-state index < -0.39 is 23.7 Å². The Kier molecular flexibility index (Phi) is 8.60. The maximum absolute atomic E-state index is 12.8. The van der Waals surface area contributed by atoms with E-state index in [1.807, 2.05) is 91.0 Å². The van der Waals surface area contributed by atoms with Crippen molar-refractivity contribution in [2.45, 2.75) is 18.3 Å². The van der Waals surface area contributed by atoms with Crippen LogP contribution in [0.5, 0.6) is 0 Å². The third kappa shape index (κ3) is 6.57. The van der Waals surface area contributed by atoms with E-state index in [0.29, 0.717) is 0 Å². The van der Waals surface area contributed by atoms with E-state index in [0.717, 1.165) is 16.7 Å². The Balaban J connectivity index is 1.69. The van der Waals surface area contributed by atoms with Gasteiger partial charge in [0.15, 0.2) is 5.78 Å². The first-order valence-corrected chi connectivity index (χ1v) is 12.2. The Morgan fingerprint density at radius 2 is 1.00 bits per heavy atom. The van der Waals surface area contributed by atoms with Crippen LogP contribution in [0.1, 0.15) is 16.7 Å². The Morgan fingerprint density at radius 1 is 0.595 bits per heavy atom. The number of benzene rings is 3. The molecule has 0 aliphatic heterocycles. The van der Waals surface area contributed by atoms with Crippen LogP contribution in [-0.4, -0.2) is 39.4 Å². The fraction of sp³-hybridized carbons (Fsp3) is 0.121. The van der Waals surface area contributed by atoms with E-state index in [2.05, 4.69) is 0 Å². The first-order valence-electron chi connectivity index (χ1n) is 12.2. The summed E-state index contributed by atoms with van der Waals surface area (Å²) < 4.78 is 0. The summed E-state index contributed by atoms with van der Waals surface area (Å²) in [5, 5.41) is 33.6. The van der Waals surface area contributed by atoms with Gasteiger partial charge in [0, 0.05) is 5.57 Å². The summed E-state index contributed by atoms with van der Waals surface area (Å²) in [6.45, 7) is 0. The van der Waals surface area contributed by atoms with Crippen LogP contribution in [0, 0.1) is 5.41 Å². The van der Waals surface area contributed by atoms with Gasteiger partial charge in [-0.1, -0.05) is 140 Å². The number of aliphatic hydroxyl groups is 3. The topological polar surface area (TPSA) is 77.8 Å². The molecule has 1 aliphatic carbocycles. The van der Waals surface area contributed by atoms with Gasteiger partial charge in [-0.15, -0.1) is 0 Å². The van der Waals surface area contributed by atoms with Gasteiger partial charge in [0.1, 0.15) is 6.10 Å². The second kappa shape index (κ2) is 12.2. The highest BCUT2D eigenvalue weighted by atomic mass is 16.3. The summed E-state index contributed by atoms with van der Waals surface area (Å²) >= 11 is 0. The Hall–Kier alpha value is -4.09. The van der Waals surface area contributed by atoms with E-state index in [4.69, 9.17) is 0 Å². The number of carbonyl (C=O) groups is 1. The lowest BCUT2D eigenvalue weighted by molar-refractivity contribution is -0.112. The van der Waals surface area contributed by atoms with Crippen molar-refractivity contribution in [1.82, 2.24) is 0 Å². The molecule has 3 unspecified atom stereocenters. The second-order valence-electron chi connectivity index (χ2n) is 8.94. The molecule has 3 N–H and O–H groups in total. The van der Waals surface area contributed by atoms with Gasteiger partial charge in [-0.2, -0.15) is 0 Å². The highest BCUT2D eigenvalue weighted by molar-refractivity contribution is 6.06. The van der Waals surface area contributed by atoms with Crippen molar-refractivity contribution in [2.24, 2.45) is 5.41 Å². The van der Waals surface area contributed by atoms with Gasteiger partial charge < -0.3 is 15.3 Å². The third-order valence-corrected chi connectivity index (χ3v) is 6.37. The van der Waals surface area contributed by atoms with Gasteiger partial charge >= 0.3 is 0 Å². The summed E-state index contributed by atoms with van der Waals surface area (Å²) in [5.74, 6) is -0.376. The largest absolute Gasteiger partial charge is 0.388 e. The van der Waals surface area contributed by atoms with E-state index >= 15 is 0 Å². The average Bonchev–Trinajstić information content (AvgIpc) is 2.95. The molecule has 4 heteroatoms. The van der Waals surface area contributed by atoms with Crippen molar-refractivity contribution < 1.29 is 20.1 Å². The number of carbonyl (C=O) groups excluding carboxylic acids is 1. The van der Waals surface area contributed by atoms with Gasteiger partial charge in [0.05, 0.1) is 17.6 Å². The maximum atomic E-state index is 12.8. The summed E-state index contributed by atoms with van der Waals surface area (Å²) in [4.78, 5) is 12.8. The first kappa shape index (κ1) is 26.0. The van der Waals surface area contributed by atoms with Gasteiger partial charge in [-0.05, 0) is 22.8 Å². The van der Waals surface area contributed by atoms with Crippen molar-refractivity contribution in [3.63, 3.8) is 0 Å². The maximum Gasteiger partial charge on any atom is 0.184 e. The summed E-state index contributed by atoms with van der Waals surface area (Å²) in [6, 6.07) is 28.5. The third-order valence-electron chi connectivity index (χ3n) is 6.37. The van der Waals surface area contributed by atoms with E-state index in [1.54, 1.807) is 30.4 Å². The molecule has 0 heterocycles. The number of hydrogen-bond acceptors (Lipinski definition) is 4. The zero-order chi connectivity index (χ0) is 26.1. The van der Waals surface area contributed by atoms with Crippen molar-refractivity contribution in [1.29, 1.82) is 0 Å². The molecule has 0 radical (unpaired) electrons. The number of hydrogen-bond donors (Lipinski definition) is 3. The molecule has 0 spiro atoms. The standard InChI is InChI=1S/C33H30O4/c34-29(19-16-25-10-4-1-5-11-25)28-24-33(23-22-30(28)35,31(36)20-17-26-12-6-2-7-13-26)32(37)21-18-27-14-8-3-9-15-27/h1-24,29,31-32,34,36-37H/b19-16+,20-17+,21-18+. The molecular weight excluding hydrogens is 460 g/mol. The molecule has 4 rings (SSSR count). The van der Waals surface area contributed by atoms with Crippen molar-refractivity contribution >= 4 is 24.0 Å². The van der Waals surface area contributed by atoms with Crippen LogP contribution in [0.25, 0.3) is 18.2 Å². The number of ketones is 1. The molecule has 0 aromatic heterocycles.